The van der Waals surface area contributed by atoms with Crippen molar-refractivity contribution in [3.8, 4) is 0 Å². The summed E-state index contributed by atoms with van der Waals surface area (Å²) in [6, 6.07) is 11.9. The van der Waals surface area contributed by atoms with E-state index in [1.807, 2.05) is 18.2 Å². The van der Waals surface area contributed by atoms with Crippen LogP contribution in [0.4, 0.5) is 11.8 Å². The molecule has 0 spiro atoms. The maximum absolute atomic E-state index is 5.22. The Morgan fingerprint density at radius 3 is 2.69 bits per heavy atom. The third kappa shape index (κ3) is 2.68. The molecule has 5 nitrogen and oxygen atoms in total. The highest BCUT2D eigenvalue weighted by Gasteiger charge is 1.96. The number of rotatable bonds is 4. The molecule has 0 aliphatic rings. The van der Waals surface area contributed by atoms with Crippen LogP contribution in [0.2, 0.25) is 0 Å². The predicted octanol–water partition coefficient (Wildman–Crippen LogP) is 1.37. The summed E-state index contributed by atoms with van der Waals surface area (Å²) in [5.41, 5.74) is 3.60. The molecule has 1 aromatic carbocycles. The molecule has 0 saturated heterocycles. The van der Waals surface area contributed by atoms with Crippen LogP contribution in [0.3, 0.4) is 0 Å². The lowest BCUT2D eigenvalue weighted by molar-refractivity contribution is 1.07. The summed E-state index contributed by atoms with van der Waals surface area (Å²) < 4.78 is 0. The standard InChI is InChI=1S/C11H13N5/c12-16-11-13-7-6-10(15-11)14-8-9-4-2-1-3-5-9/h1-7H,8,12H2,(H2,13,14,15,16). The number of nitrogens with zero attached hydrogens (tertiary/aromatic N) is 2. The summed E-state index contributed by atoms with van der Waals surface area (Å²) in [7, 11) is 0. The number of benzene rings is 1. The number of hydrogen-bond donors (Lipinski definition) is 3. The maximum Gasteiger partial charge on any atom is 0.239 e. The first kappa shape index (κ1) is 10.4. The number of anilines is 2. The molecule has 5 heteroatoms. The van der Waals surface area contributed by atoms with E-state index in [0.717, 1.165) is 12.4 Å². The lowest BCUT2D eigenvalue weighted by Gasteiger charge is -2.06. The van der Waals surface area contributed by atoms with Gasteiger partial charge in [0.2, 0.25) is 5.95 Å². The van der Waals surface area contributed by atoms with Crippen molar-refractivity contribution in [2.24, 2.45) is 5.84 Å². The fourth-order valence-electron chi connectivity index (χ4n) is 1.32. The van der Waals surface area contributed by atoms with Crippen LogP contribution in [0.25, 0.3) is 0 Å². The van der Waals surface area contributed by atoms with E-state index >= 15 is 0 Å². The van der Waals surface area contributed by atoms with E-state index in [1.165, 1.54) is 5.56 Å². The van der Waals surface area contributed by atoms with Gasteiger partial charge in [-0.05, 0) is 11.6 Å². The zero-order valence-corrected chi connectivity index (χ0v) is 8.72. The zero-order valence-electron chi connectivity index (χ0n) is 8.72. The Hall–Kier alpha value is -2.14. The number of hydrazine groups is 1. The Morgan fingerprint density at radius 2 is 1.94 bits per heavy atom. The highest BCUT2D eigenvalue weighted by molar-refractivity contribution is 5.39. The van der Waals surface area contributed by atoms with E-state index in [1.54, 1.807) is 12.3 Å². The maximum atomic E-state index is 5.22. The topological polar surface area (TPSA) is 75.9 Å². The van der Waals surface area contributed by atoms with Gasteiger partial charge in [0, 0.05) is 12.7 Å². The fourth-order valence-corrected chi connectivity index (χ4v) is 1.32. The van der Waals surface area contributed by atoms with Crippen molar-refractivity contribution in [1.82, 2.24) is 9.97 Å². The second kappa shape index (κ2) is 5.09. The molecular weight excluding hydrogens is 202 g/mol. The number of nitrogens with one attached hydrogen (secondary N) is 2. The normalized spacial score (nSPS) is 9.81. The average Bonchev–Trinajstić information content (AvgIpc) is 2.38. The van der Waals surface area contributed by atoms with Gasteiger partial charge in [-0.2, -0.15) is 4.98 Å². The first-order valence-corrected chi connectivity index (χ1v) is 4.96. The summed E-state index contributed by atoms with van der Waals surface area (Å²) in [6.45, 7) is 0.724. The predicted molar refractivity (Wildman–Crippen MR) is 63.6 cm³/mol. The monoisotopic (exact) mass is 215 g/mol. The van der Waals surface area contributed by atoms with Gasteiger partial charge in [-0.25, -0.2) is 10.8 Å². The van der Waals surface area contributed by atoms with Gasteiger partial charge in [-0.15, -0.1) is 0 Å². The summed E-state index contributed by atoms with van der Waals surface area (Å²) in [4.78, 5) is 8.07. The van der Waals surface area contributed by atoms with Gasteiger partial charge in [0.15, 0.2) is 0 Å². The van der Waals surface area contributed by atoms with Crippen molar-refractivity contribution in [3.63, 3.8) is 0 Å². The number of nitrogen functional groups attached to an aromatic ring is 1. The first-order valence-electron chi connectivity index (χ1n) is 4.96. The van der Waals surface area contributed by atoms with E-state index in [-0.39, 0.29) is 0 Å². The molecule has 4 N–H and O–H groups in total. The molecular formula is C11H13N5. The molecule has 1 aromatic heterocycles. The number of aromatic nitrogens is 2. The second-order valence-corrected chi connectivity index (χ2v) is 3.25. The smallest absolute Gasteiger partial charge is 0.239 e. The first-order chi connectivity index (χ1) is 7.88. The van der Waals surface area contributed by atoms with Crippen molar-refractivity contribution in [3.05, 3.63) is 48.2 Å². The molecule has 82 valence electrons. The van der Waals surface area contributed by atoms with Crippen LogP contribution >= 0.6 is 0 Å². The molecule has 16 heavy (non-hydrogen) atoms. The minimum absolute atomic E-state index is 0.401. The van der Waals surface area contributed by atoms with E-state index in [9.17, 15) is 0 Å². The average molecular weight is 215 g/mol. The molecule has 0 amide bonds. The lowest BCUT2D eigenvalue weighted by Crippen LogP contribution is -2.11. The molecule has 0 unspecified atom stereocenters. The Kier molecular flexibility index (Phi) is 3.30. The highest BCUT2D eigenvalue weighted by atomic mass is 15.3. The number of hydrogen-bond acceptors (Lipinski definition) is 5. The molecule has 0 bridgehead atoms. The van der Waals surface area contributed by atoms with Gasteiger partial charge in [0.1, 0.15) is 5.82 Å². The van der Waals surface area contributed by atoms with Crippen LogP contribution in [0, 0.1) is 0 Å². The van der Waals surface area contributed by atoms with Crippen LogP contribution in [0.15, 0.2) is 42.6 Å². The molecule has 2 aromatic rings. The summed E-state index contributed by atoms with van der Waals surface area (Å²) in [5, 5.41) is 3.19. The lowest BCUT2D eigenvalue weighted by atomic mass is 10.2. The quantitative estimate of drug-likeness (QED) is 0.530. The molecule has 0 aliphatic carbocycles. The second-order valence-electron chi connectivity index (χ2n) is 3.25. The molecule has 2 rings (SSSR count). The van der Waals surface area contributed by atoms with Crippen molar-refractivity contribution in [2.75, 3.05) is 10.7 Å². The third-order valence-corrected chi connectivity index (χ3v) is 2.10. The third-order valence-electron chi connectivity index (χ3n) is 2.10. The van der Waals surface area contributed by atoms with E-state index in [2.05, 4.69) is 32.8 Å². The zero-order chi connectivity index (χ0) is 11.2. The molecule has 0 fully saturated rings. The van der Waals surface area contributed by atoms with Crippen molar-refractivity contribution >= 4 is 11.8 Å². The fraction of sp³-hybridized carbons (Fsp3) is 0.0909. The Morgan fingerprint density at radius 1 is 1.12 bits per heavy atom. The van der Waals surface area contributed by atoms with E-state index in [0.29, 0.717) is 5.95 Å². The van der Waals surface area contributed by atoms with Crippen LogP contribution in [0.1, 0.15) is 5.56 Å². The SMILES string of the molecule is NNc1nccc(NCc2ccccc2)n1. The molecule has 0 radical (unpaired) electrons. The van der Waals surface area contributed by atoms with Gasteiger partial charge in [0.05, 0.1) is 0 Å². The number of nitrogens with two attached hydrogens (primary N) is 1. The minimum Gasteiger partial charge on any atom is -0.366 e. The molecule has 1 heterocycles. The largest absolute Gasteiger partial charge is 0.366 e. The van der Waals surface area contributed by atoms with E-state index in [4.69, 9.17) is 5.84 Å². The Labute approximate surface area is 93.7 Å². The Bertz CT molecular complexity index is 443. The summed E-state index contributed by atoms with van der Waals surface area (Å²) in [5.74, 6) is 6.37. The summed E-state index contributed by atoms with van der Waals surface area (Å²) in [6.07, 6.45) is 1.65. The minimum atomic E-state index is 0.401. The molecule has 0 aliphatic heterocycles. The van der Waals surface area contributed by atoms with E-state index < -0.39 is 0 Å². The van der Waals surface area contributed by atoms with Gasteiger partial charge >= 0.3 is 0 Å². The van der Waals surface area contributed by atoms with Crippen LogP contribution in [0.5, 0.6) is 0 Å². The molecule has 0 atom stereocenters. The van der Waals surface area contributed by atoms with Gasteiger partial charge < -0.3 is 5.32 Å². The highest BCUT2D eigenvalue weighted by Crippen LogP contribution is 2.07. The summed E-state index contributed by atoms with van der Waals surface area (Å²) >= 11 is 0. The van der Waals surface area contributed by atoms with Crippen LogP contribution < -0.4 is 16.6 Å². The van der Waals surface area contributed by atoms with Gasteiger partial charge in [-0.1, -0.05) is 30.3 Å². The van der Waals surface area contributed by atoms with Crippen molar-refractivity contribution in [1.29, 1.82) is 0 Å². The van der Waals surface area contributed by atoms with Crippen LogP contribution in [-0.2, 0) is 6.54 Å². The van der Waals surface area contributed by atoms with Crippen LogP contribution in [-0.4, -0.2) is 9.97 Å². The van der Waals surface area contributed by atoms with Crippen molar-refractivity contribution < 1.29 is 0 Å². The van der Waals surface area contributed by atoms with Gasteiger partial charge in [-0.3, -0.25) is 5.43 Å². The molecule has 0 saturated carbocycles. The van der Waals surface area contributed by atoms with Gasteiger partial charge in [0.25, 0.3) is 0 Å². The Balaban J connectivity index is 1.99. The van der Waals surface area contributed by atoms with Crippen molar-refractivity contribution in [2.45, 2.75) is 6.54 Å².